The monoisotopic (exact) mass is 761 g/mol. The fourth-order valence-electron chi connectivity index (χ4n) is 4.58. The molecule has 0 aromatic heterocycles. The van der Waals surface area contributed by atoms with Crippen LogP contribution in [0.1, 0.15) is 123 Å². The van der Waals surface area contributed by atoms with Gasteiger partial charge in [-0.3, -0.25) is 14.2 Å². The summed E-state index contributed by atoms with van der Waals surface area (Å²) >= 11 is 0. The third kappa shape index (κ3) is 38.7. The van der Waals surface area contributed by atoms with Crippen molar-refractivity contribution in [2.75, 3.05) is 47.5 Å². The second kappa shape index (κ2) is 34.9. The normalized spacial score (nSPS) is 14.6. The Morgan fingerprint density at radius 1 is 0.604 bits per heavy atom. The predicted octanol–water partition coefficient (Wildman–Crippen LogP) is 10.2. The Bertz CT molecular complexity index is 1180. The Morgan fingerprint density at radius 3 is 1.58 bits per heavy atom. The molecule has 2 unspecified atom stereocenters. The highest BCUT2D eigenvalue weighted by atomic mass is 31.2. The van der Waals surface area contributed by atoms with E-state index in [4.69, 9.17) is 18.5 Å². The number of rotatable bonds is 34. The van der Waals surface area contributed by atoms with E-state index in [1.54, 1.807) is 0 Å². The van der Waals surface area contributed by atoms with Crippen molar-refractivity contribution in [2.45, 2.75) is 129 Å². The average Bonchev–Trinajstić information content (AvgIpc) is 3.10. The number of carbonyl (C=O) groups is 2. The van der Waals surface area contributed by atoms with Gasteiger partial charge in [0.15, 0.2) is 6.10 Å². The second-order valence-corrected chi connectivity index (χ2v) is 15.3. The second-order valence-electron chi connectivity index (χ2n) is 13.9. The summed E-state index contributed by atoms with van der Waals surface area (Å²) in [4.78, 5) is 37.1. The quantitative estimate of drug-likeness (QED) is 0.0210. The molecule has 0 fully saturated rings. The lowest BCUT2D eigenvalue weighted by Gasteiger charge is -2.28. The molecule has 0 aromatic carbocycles. The molecule has 0 aromatic rings. The maximum Gasteiger partial charge on any atom is 0.306 e. The highest BCUT2D eigenvalue weighted by Gasteiger charge is 2.21. The van der Waals surface area contributed by atoms with Crippen molar-refractivity contribution < 1.29 is 42.1 Å². The molecule has 0 saturated carbocycles. The Morgan fingerprint density at radius 2 is 1.08 bits per heavy atom. The van der Waals surface area contributed by atoms with Gasteiger partial charge in [-0.1, -0.05) is 131 Å². The molecule has 0 aliphatic heterocycles. The summed E-state index contributed by atoms with van der Waals surface area (Å²) in [6.07, 6.45) is 43.7. The van der Waals surface area contributed by atoms with Gasteiger partial charge in [0.1, 0.15) is 19.8 Å². The number of hydrogen-bond acceptors (Lipinski definition) is 8. The Balaban J connectivity index is 4.42. The molecule has 0 spiro atoms. The smallest absolute Gasteiger partial charge is 0.306 e. The van der Waals surface area contributed by atoms with E-state index in [9.17, 15) is 19.0 Å². The lowest BCUT2D eigenvalue weighted by molar-refractivity contribution is -0.870. The molecule has 0 aliphatic carbocycles. The number of allylic oxidation sites excluding steroid dienone is 14. The van der Waals surface area contributed by atoms with Gasteiger partial charge in [0, 0.05) is 12.8 Å². The van der Waals surface area contributed by atoms with Crippen molar-refractivity contribution in [1.29, 1.82) is 0 Å². The molecule has 10 heteroatoms. The number of esters is 2. The minimum atomic E-state index is -4.63. The Hall–Kier alpha value is -2.81. The molecule has 2 atom stereocenters. The van der Waals surface area contributed by atoms with E-state index < -0.39 is 32.5 Å². The number of phosphoric acid groups is 1. The third-order valence-electron chi connectivity index (χ3n) is 7.68. The number of phosphoric ester groups is 1. The number of ether oxygens (including phenoxy) is 2. The average molecular weight is 762 g/mol. The zero-order valence-electron chi connectivity index (χ0n) is 33.7. The minimum absolute atomic E-state index is 0.0460. The highest BCUT2D eigenvalue weighted by molar-refractivity contribution is 7.45. The summed E-state index contributed by atoms with van der Waals surface area (Å²) in [7, 11) is 1.11. The van der Waals surface area contributed by atoms with E-state index in [1.165, 1.54) is 6.42 Å². The molecule has 302 valence electrons. The molecular weight excluding hydrogens is 689 g/mol. The van der Waals surface area contributed by atoms with Gasteiger partial charge in [0.05, 0.1) is 27.7 Å². The van der Waals surface area contributed by atoms with Gasteiger partial charge in [-0.2, -0.15) is 0 Å². The molecule has 0 amide bonds. The number of nitrogens with zero attached hydrogens (tertiary/aromatic N) is 1. The van der Waals surface area contributed by atoms with Crippen LogP contribution in [0.3, 0.4) is 0 Å². The van der Waals surface area contributed by atoms with E-state index in [2.05, 4.69) is 92.8 Å². The lowest BCUT2D eigenvalue weighted by atomic mass is 10.1. The predicted molar refractivity (Wildman–Crippen MR) is 217 cm³/mol. The molecule has 0 saturated heterocycles. The maximum absolute atomic E-state index is 12.6. The first-order valence-corrected chi connectivity index (χ1v) is 21.3. The van der Waals surface area contributed by atoms with Crippen molar-refractivity contribution in [3.8, 4) is 0 Å². The summed E-state index contributed by atoms with van der Waals surface area (Å²) in [6, 6.07) is 0. The SMILES string of the molecule is CC/C=C\C/C=C\C/C=C\C/C=C\C/C=C\C/C=C\C/C=C\CCCC(=O)OC(COC(=O)CCCCCCCC)COP(=O)([O-])OCC[N+](C)(C)C. The molecular formula is C43H72NO8P. The number of likely N-dealkylation sites (N-methyl/N-ethyl adjacent to an activating group) is 1. The van der Waals surface area contributed by atoms with Gasteiger partial charge in [0.25, 0.3) is 7.82 Å². The van der Waals surface area contributed by atoms with Crippen LogP contribution >= 0.6 is 7.82 Å². The van der Waals surface area contributed by atoms with E-state index >= 15 is 0 Å². The Labute approximate surface area is 322 Å². The molecule has 0 aliphatic rings. The van der Waals surface area contributed by atoms with Crippen LogP contribution in [0.4, 0.5) is 0 Å². The standard InChI is InChI=1S/C43H72NO8P/c1-6-8-10-12-14-15-16-17-18-19-20-21-22-23-24-25-26-27-28-29-30-32-34-36-43(46)52-41(39-49-42(45)35-33-31-13-11-9-7-2)40-51-53(47,48)50-38-37-44(3,4)5/h8,10,14-15,17-18,20-21,23-24,26-27,29-30,41H,6-7,9,11-13,16,19,22,25,28,31-40H2,1-5H3/b10-8-,15-14-,18-17-,21-20-,24-23-,27-26-,30-29-. The van der Waals surface area contributed by atoms with Crippen LogP contribution in [0, 0.1) is 0 Å². The first kappa shape index (κ1) is 50.2. The van der Waals surface area contributed by atoms with Crippen LogP contribution in [0.2, 0.25) is 0 Å². The zero-order valence-corrected chi connectivity index (χ0v) is 34.6. The Kier molecular flexibility index (Phi) is 33.1. The van der Waals surface area contributed by atoms with Crippen LogP contribution in [-0.2, 0) is 32.7 Å². The first-order chi connectivity index (χ1) is 25.5. The maximum atomic E-state index is 12.6. The van der Waals surface area contributed by atoms with Crippen molar-refractivity contribution in [3.63, 3.8) is 0 Å². The van der Waals surface area contributed by atoms with Gasteiger partial charge in [0.2, 0.25) is 0 Å². The largest absolute Gasteiger partial charge is 0.756 e. The first-order valence-electron chi connectivity index (χ1n) is 19.8. The lowest BCUT2D eigenvalue weighted by Crippen LogP contribution is -2.37. The molecule has 9 nitrogen and oxygen atoms in total. The minimum Gasteiger partial charge on any atom is -0.756 e. The van der Waals surface area contributed by atoms with Crippen LogP contribution in [0.15, 0.2) is 85.1 Å². The van der Waals surface area contributed by atoms with Crippen LogP contribution in [0.5, 0.6) is 0 Å². The van der Waals surface area contributed by atoms with Crippen LogP contribution in [0.25, 0.3) is 0 Å². The van der Waals surface area contributed by atoms with Crippen LogP contribution < -0.4 is 4.89 Å². The van der Waals surface area contributed by atoms with Gasteiger partial charge >= 0.3 is 11.9 Å². The molecule has 0 N–H and O–H groups in total. The summed E-state index contributed by atoms with van der Waals surface area (Å²) in [6.45, 7) is 3.93. The van der Waals surface area contributed by atoms with Gasteiger partial charge in [-0.25, -0.2) is 0 Å². The fraction of sp³-hybridized carbons (Fsp3) is 0.628. The van der Waals surface area contributed by atoms with Crippen molar-refractivity contribution in [1.82, 2.24) is 0 Å². The fourth-order valence-corrected chi connectivity index (χ4v) is 5.31. The van der Waals surface area contributed by atoms with Crippen LogP contribution in [-0.4, -0.2) is 70.0 Å². The zero-order chi connectivity index (χ0) is 39.3. The highest BCUT2D eigenvalue weighted by Crippen LogP contribution is 2.38. The number of quaternary nitrogens is 1. The van der Waals surface area contributed by atoms with Gasteiger partial charge in [-0.15, -0.1) is 0 Å². The number of carbonyl (C=O) groups excluding carboxylic acids is 2. The molecule has 0 bridgehead atoms. The molecule has 0 radical (unpaired) electrons. The van der Waals surface area contributed by atoms with Gasteiger partial charge in [-0.05, 0) is 64.2 Å². The van der Waals surface area contributed by atoms with Crippen molar-refractivity contribution >= 4 is 19.8 Å². The summed E-state index contributed by atoms with van der Waals surface area (Å²) < 4.78 is 33.5. The third-order valence-corrected chi connectivity index (χ3v) is 8.64. The van der Waals surface area contributed by atoms with Crippen molar-refractivity contribution in [2.24, 2.45) is 0 Å². The topological polar surface area (TPSA) is 111 Å². The van der Waals surface area contributed by atoms with E-state index in [0.717, 1.165) is 70.6 Å². The van der Waals surface area contributed by atoms with Crippen molar-refractivity contribution in [3.05, 3.63) is 85.1 Å². The van der Waals surface area contributed by atoms with E-state index in [-0.39, 0.29) is 26.1 Å². The van der Waals surface area contributed by atoms with Gasteiger partial charge < -0.3 is 27.9 Å². The molecule has 0 heterocycles. The number of unbranched alkanes of at least 4 members (excludes halogenated alkanes) is 6. The number of hydrogen-bond donors (Lipinski definition) is 0. The summed E-state index contributed by atoms with van der Waals surface area (Å²) in [5.41, 5.74) is 0. The molecule has 0 rings (SSSR count). The van der Waals surface area contributed by atoms with E-state index in [1.807, 2.05) is 27.2 Å². The summed E-state index contributed by atoms with van der Waals surface area (Å²) in [5, 5.41) is 0. The molecule has 53 heavy (non-hydrogen) atoms. The van der Waals surface area contributed by atoms with E-state index in [0.29, 0.717) is 30.3 Å². The summed E-state index contributed by atoms with van der Waals surface area (Å²) in [5.74, 6) is -0.925.